The first-order valence-electron chi connectivity index (χ1n) is 9.18. The highest BCUT2D eigenvalue weighted by atomic mass is 19.4. The fourth-order valence-corrected chi connectivity index (χ4v) is 3.25. The number of hydrogen-bond donors (Lipinski definition) is 1. The summed E-state index contributed by atoms with van der Waals surface area (Å²) in [7, 11) is 0. The van der Waals surface area contributed by atoms with Crippen molar-refractivity contribution < 1.29 is 18.0 Å². The third-order valence-corrected chi connectivity index (χ3v) is 4.70. The van der Waals surface area contributed by atoms with Crippen LogP contribution in [0.15, 0.2) is 73.4 Å². The summed E-state index contributed by atoms with van der Waals surface area (Å²) in [6.45, 7) is 0.763. The van der Waals surface area contributed by atoms with E-state index >= 15 is 0 Å². The van der Waals surface area contributed by atoms with Gasteiger partial charge in [0.05, 0.1) is 23.0 Å². The van der Waals surface area contributed by atoms with E-state index in [4.69, 9.17) is 0 Å². The number of alkyl halides is 3. The van der Waals surface area contributed by atoms with Gasteiger partial charge in [-0.1, -0.05) is 42.5 Å². The van der Waals surface area contributed by atoms with E-state index in [1.165, 1.54) is 18.2 Å². The molecule has 1 amide bonds. The highest BCUT2D eigenvalue weighted by Crippen LogP contribution is 2.36. The SMILES string of the molecule is O=C(NCc1ccc(Cn2ccnc2)cc1)c1cnc2ccccc2c1C(F)(F)F. The molecule has 1 N–H and O–H groups in total. The summed E-state index contributed by atoms with van der Waals surface area (Å²) >= 11 is 0. The van der Waals surface area contributed by atoms with Crippen molar-refractivity contribution in [3.63, 3.8) is 0 Å². The van der Waals surface area contributed by atoms with E-state index in [9.17, 15) is 18.0 Å². The molecule has 0 atom stereocenters. The Labute approximate surface area is 170 Å². The summed E-state index contributed by atoms with van der Waals surface area (Å²) in [6, 6.07) is 13.4. The topological polar surface area (TPSA) is 59.8 Å². The zero-order valence-corrected chi connectivity index (χ0v) is 15.7. The van der Waals surface area contributed by atoms with E-state index in [2.05, 4.69) is 15.3 Å². The van der Waals surface area contributed by atoms with E-state index in [1.54, 1.807) is 18.6 Å². The van der Waals surface area contributed by atoms with Gasteiger partial charge in [-0.3, -0.25) is 9.78 Å². The second-order valence-corrected chi connectivity index (χ2v) is 6.80. The van der Waals surface area contributed by atoms with Gasteiger partial charge in [0.25, 0.3) is 5.91 Å². The van der Waals surface area contributed by atoms with Crippen LogP contribution in [0.2, 0.25) is 0 Å². The van der Waals surface area contributed by atoms with Crippen LogP contribution in [0.25, 0.3) is 10.9 Å². The van der Waals surface area contributed by atoms with Gasteiger partial charge in [0.1, 0.15) is 0 Å². The van der Waals surface area contributed by atoms with Crippen LogP contribution in [0.1, 0.15) is 27.0 Å². The van der Waals surface area contributed by atoms with Gasteiger partial charge in [0.15, 0.2) is 0 Å². The predicted octanol–water partition coefficient (Wildman–Crippen LogP) is 4.43. The molecule has 152 valence electrons. The Bertz CT molecular complexity index is 1170. The molecule has 30 heavy (non-hydrogen) atoms. The zero-order valence-electron chi connectivity index (χ0n) is 15.7. The smallest absolute Gasteiger partial charge is 0.348 e. The van der Waals surface area contributed by atoms with Gasteiger partial charge in [0, 0.05) is 37.1 Å². The molecule has 2 aromatic carbocycles. The molecule has 0 spiro atoms. The highest BCUT2D eigenvalue weighted by molar-refractivity contribution is 6.00. The van der Waals surface area contributed by atoms with Gasteiger partial charge >= 0.3 is 6.18 Å². The molecule has 0 saturated carbocycles. The van der Waals surface area contributed by atoms with Crippen molar-refractivity contribution in [2.45, 2.75) is 19.3 Å². The predicted molar refractivity (Wildman–Crippen MR) is 106 cm³/mol. The Morgan fingerprint density at radius 1 is 1.03 bits per heavy atom. The van der Waals surface area contributed by atoms with Crippen molar-refractivity contribution in [1.29, 1.82) is 0 Å². The molecule has 2 heterocycles. The fraction of sp³-hybridized carbons (Fsp3) is 0.136. The Morgan fingerprint density at radius 3 is 2.47 bits per heavy atom. The summed E-state index contributed by atoms with van der Waals surface area (Å²) in [4.78, 5) is 20.5. The number of pyridine rings is 1. The summed E-state index contributed by atoms with van der Waals surface area (Å²) in [5.41, 5.74) is 0.551. The van der Waals surface area contributed by atoms with Crippen LogP contribution in [-0.4, -0.2) is 20.4 Å². The quantitative estimate of drug-likeness (QED) is 0.530. The van der Waals surface area contributed by atoms with Crippen LogP contribution < -0.4 is 5.32 Å². The summed E-state index contributed by atoms with van der Waals surface area (Å²) < 4.78 is 43.0. The van der Waals surface area contributed by atoms with Crippen molar-refractivity contribution in [1.82, 2.24) is 19.9 Å². The van der Waals surface area contributed by atoms with Crippen molar-refractivity contribution in [2.75, 3.05) is 0 Å². The van der Waals surface area contributed by atoms with Crippen LogP contribution in [-0.2, 0) is 19.3 Å². The highest BCUT2D eigenvalue weighted by Gasteiger charge is 2.37. The second kappa shape index (κ2) is 7.98. The lowest BCUT2D eigenvalue weighted by atomic mass is 10.0. The van der Waals surface area contributed by atoms with Crippen LogP contribution in [0.5, 0.6) is 0 Å². The Morgan fingerprint density at radius 2 is 1.77 bits per heavy atom. The molecule has 8 heteroatoms. The molecule has 0 bridgehead atoms. The summed E-state index contributed by atoms with van der Waals surface area (Å²) in [6.07, 6.45) is 1.56. The lowest BCUT2D eigenvalue weighted by Gasteiger charge is -2.15. The van der Waals surface area contributed by atoms with E-state index in [1.807, 2.05) is 35.0 Å². The number of carbonyl (C=O) groups is 1. The first-order chi connectivity index (χ1) is 14.4. The molecule has 5 nitrogen and oxygen atoms in total. The number of aromatic nitrogens is 3. The van der Waals surface area contributed by atoms with Gasteiger partial charge in [-0.2, -0.15) is 13.2 Å². The normalized spacial score (nSPS) is 11.6. The average Bonchev–Trinajstić information content (AvgIpc) is 3.24. The molecule has 2 aromatic heterocycles. The maximum absolute atomic E-state index is 13.7. The van der Waals surface area contributed by atoms with E-state index < -0.39 is 23.2 Å². The number of carbonyl (C=O) groups excluding carboxylic acids is 1. The standard InChI is InChI=1S/C22H17F3N4O/c23-22(24,25)20-17-3-1-2-4-19(17)27-12-18(20)21(30)28-11-15-5-7-16(8-6-15)13-29-10-9-26-14-29/h1-10,12,14H,11,13H2,(H,28,30). The van der Waals surface area contributed by atoms with Crippen LogP contribution in [0.4, 0.5) is 13.2 Å². The first-order valence-corrected chi connectivity index (χ1v) is 9.18. The lowest BCUT2D eigenvalue weighted by Crippen LogP contribution is -2.26. The molecular formula is C22H17F3N4O. The molecule has 0 saturated heterocycles. The first kappa shape index (κ1) is 19.6. The van der Waals surface area contributed by atoms with Gasteiger partial charge < -0.3 is 9.88 Å². The number of benzene rings is 2. The molecule has 4 rings (SSSR count). The van der Waals surface area contributed by atoms with Crippen molar-refractivity contribution in [3.8, 4) is 0 Å². The lowest BCUT2D eigenvalue weighted by molar-refractivity contribution is -0.136. The van der Waals surface area contributed by atoms with Crippen molar-refractivity contribution in [3.05, 3.63) is 95.7 Å². The molecular weight excluding hydrogens is 393 g/mol. The Hall–Kier alpha value is -3.68. The molecule has 0 radical (unpaired) electrons. The minimum atomic E-state index is -4.68. The molecule has 0 fully saturated rings. The number of rotatable bonds is 5. The monoisotopic (exact) mass is 410 g/mol. The number of halogens is 3. The zero-order chi connectivity index (χ0) is 21.1. The van der Waals surface area contributed by atoms with Gasteiger partial charge in [-0.15, -0.1) is 0 Å². The Kier molecular flexibility index (Phi) is 5.22. The molecule has 4 aromatic rings. The third kappa shape index (κ3) is 4.17. The molecule has 0 aliphatic rings. The number of fused-ring (bicyclic) bond motifs is 1. The maximum atomic E-state index is 13.7. The van der Waals surface area contributed by atoms with Crippen molar-refractivity contribution in [2.24, 2.45) is 0 Å². The average molecular weight is 410 g/mol. The van der Waals surface area contributed by atoms with Gasteiger partial charge in [-0.05, 0) is 17.2 Å². The molecule has 0 aliphatic carbocycles. The van der Waals surface area contributed by atoms with E-state index in [0.29, 0.717) is 6.54 Å². The summed E-state index contributed by atoms with van der Waals surface area (Å²) in [5.74, 6) is -0.817. The number of nitrogens with zero attached hydrogens (tertiary/aromatic N) is 3. The van der Waals surface area contributed by atoms with Crippen molar-refractivity contribution >= 4 is 16.8 Å². The second-order valence-electron chi connectivity index (χ2n) is 6.80. The largest absolute Gasteiger partial charge is 0.417 e. The summed E-state index contributed by atoms with van der Waals surface area (Å²) in [5, 5.41) is 2.47. The minimum absolute atomic E-state index is 0.0958. The van der Waals surface area contributed by atoms with E-state index in [-0.39, 0.29) is 17.4 Å². The molecule has 0 unspecified atom stereocenters. The fourth-order valence-electron chi connectivity index (χ4n) is 3.25. The van der Waals surface area contributed by atoms with Crippen LogP contribution >= 0.6 is 0 Å². The minimum Gasteiger partial charge on any atom is -0.348 e. The molecule has 0 aliphatic heterocycles. The number of para-hydroxylation sites is 1. The Balaban J connectivity index is 1.51. The van der Waals surface area contributed by atoms with Crippen LogP contribution in [0.3, 0.4) is 0 Å². The van der Waals surface area contributed by atoms with Crippen LogP contribution in [0, 0.1) is 0 Å². The van der Waals surface area contributed by atoms with Gasteiger partial charge in [0.2, 0.25) is 0 Å². The number of nitrogens with one attached hydrogen (secondary N) is 1. The van der Waals surface area contributed by atoms with Gasteiger partial charge in [-0.25, -0.2) is 4.98 Å². The number of imidazole rings is 1. The van der Waals surface area contributed by atoms with E-state index in [0.717, 1.165) is 17.3 Å². The number of hydrogen-bond acceptors (Lipinski definition) is 3. The number of amides is 1. The third-order valence-electron chi connectivity index (χ3n) is 4.70. The maximum Gasteiger partial charge on any atom is 0.417 e.